The monoisotopic (exact) mass is 356 g/mol. The minimum absolute atomic E-state index is 0.0140. The second-order valence-corrected chi connectivity index (χ2v) is 13.5. The second-order valence-electron chi connectivity index (χ2n) is 8.79. The fourth-order valence-corrected chi connectivity index (χ4v) is 3.80. The van der Waals surface area contributed by atoms with Crippen LogP contribution in [0.1, 0.15) is 34.6 Å². The molecule has 0 saturated carbocycles. The van der Waals surface area contributed by atoms with Gasteiger partial charge in [0.05, 0.1) is 18.1 Å². The zero-order chi connectivity index (χ0) is 19.1. The van der Waals surface area contributed by atoms with E-state index in [0.717, 1.165) is 4.90 Å². The zero-order valence-electron chi connectivity index (χ0n) is 16.4. The molecule has 1 aliphatic rings. The number of hydrogen-bond acceptors (Lipinski definition) is 4. The highest BCUT2D eigenvalue weighted by Gasteiger charge is 2.51. The summed E-state index contributed by atoms with van der Waals surface area (Å²) in [6.45, 7) is 14.5. The Kier molecular flexibility index (Phi) is 5.62. The molecule has 0 aromatic rings. The van der Waals surface area contributed by atoms with Crippen LogP contribution in [-0.4, -0.2) is 61.8 Å². The fraction of sp³-hybridized carbons (Fsp3) is 0.765. The van der Waals surface area contributed by atoms with Gasteiger partial charge in [0, 0.05) is 20.3 Å². The minimum Gasteiger partial charge on any atom is -0.465 e. The standard InChI is InChI=1S/C17H32N2O4Si/c1-16(2,3)24(8,9)23-13-11-19(15(21)22)12(10-18(6)7)14(20)17(13,4)5/h10,13H,11H2,1-9H3,(H,21,22)/b12-10+. The first-order chi connectivity index (χ1) is 10.6. The third-order valence-corrected chi connectivity index (χ3v) is 9.60. The van der Waals surface area contributed by atoms with Crippen LogP contribution in [0, 0.1) is 5.41 Å². The lowest BCUT2D eigenvalue weighted by Gasteiger charge is -2.48. The van der Waals surface area contributed by atoms with Crippen molar-refractivity contribution in [2.24, 2.45) is 5.41 Å². The van der Waals surface area contributed by atoms with Crippen molar-refractivity contribution in [3.8, 4) is 0 Å². The minimum atomic E-state index is -2.13. The topological polar surface area (TPSA) is 70.1 Å². The molecule has 0 bridgehead atoms. The van der Waals surface area contributed by atoms with Crippen LogP contribution in [0.2, 0.25) is 18.1 Å². The smallest absolute Gasteiger partial charge is 0.412 e. The van der Waals surface area contributed by atoms with Crippen molar-refractivity contribution in [1.82, 2.24) is 9.80 Å². The molecule has 1 heterocycles. The quantitative estimate of drug-likeness (QED) is 0.620. The number of rotatable bonds is 3. The van der Waals surface area contributed by atoms with Crippen LogP contribution in [0.15, 0.2) is 11.9 Å². The summed E-state index contributed by atoms with van der Waals surface area (Å²) in [6, 6.07) is 0. The Balaban J connectivity index is 3.27. The van der Waals surface area contributed by atoms with Crippen LogP contribution in [0.3, 0.4) is 0 Å². The van der Waals surface area contributed by atoms with Gasteiger partial charge in [-0.05, 0) is 32.0 Å². The van der Waals surface area contributed by atoms with Crippen LogP contribution in [-0.2, 0) is 9.22 Å². The summed E-state index contributed by atoms with van der Waals surface area (Å²) in [4.78, 5) is 27.5. The molecular weight excluding hydrogens is 324 g/mol. The number of nitrogens with zero attached hydrogens (tertiary/aromatic N) is 2. The molecule has 1 saturated heterocycles. The van der Waals surface area contributed by atoms with Crippen molar-refractivity contribution in [3.63, 3.8) is 0 Å². The third-order valence-electron chi connectivity index (χ3n) is 5.12. The van der Waals surface area contributed by atoms with Crippen LogP contribution in [0.4, 0.5) is 4.79 Å². The van der Waals surface area contributed by atoms with E-state index < -0.39 is 25.9 Å². The number of amides is 1. The van der Waals surface area contributed by atoms with Crippen molar-refractivity contribution in [2.75, 3.05) is 20.6 Å². The van der Waals surface area contributed by atoms with E-state index >= 15 is 0 Å². The lowest BCUT2D eigenvalue weighted by Crippen LogP contribution is -2.59. The Morgan fingerprint density at radius 3 is 2.25 bits per heavy atom. The molecule has 1 amide bonds. The van der Waals surface area contributed by atoms with Crippen molar-refractivity contribution in [1.29, 1.82) is 0 Å². The van der Waals surface area contributed by atoms with Crippen LogP contribution < -0.4 is 0 Å². The summed E-state index contributed by atoms with van der Waals surface area (Å²) in [5.74, 6) is -0.200. The van der Waals surface area contributed by atoms with Crippen LogP contribution in [0.5, 0.6) is 0 Å². The molecule has 6 nitrogen and oxygen atoms in total. The summed E-state index contributed by atoms with van der Waals surface area (Å²) in [5, 5.41) is 9.54. The number of carbonyl (C=O) groups excluding carboxylic acids is 1. The Morgan fingerprint density at radius 2 is 1.88 bits per heavy atom. The summed E-state index contributed by atoms with van der Waals surface area (Å²) in [5.41, 5.74) is -0.573. The van der Waals surface area contributed by atoms with E-state index in [-0.39, 0.29) is 23.1 Å². The number of ketones is 1. The third kappa shape index (κ3) is 4.00. The van der Waals surface area contributed by atoms with Gasteiger partial charge < -0.3 is 14.4 Å². The zero-order valence-corrected chi connectivity index (χ0v) is 17.4. The Morgan fingerprint density at radius 1 is 1.38 bits per heavy atom. The molecule has 1 N–H and O–H groups in total. The number of carboxylic acid groups (broad SMARTS) is 1. The molecule has 0 spiro atoms. The van der Waals surface area contributed by atoms with E-state index in [1.54, 1.807) is 25.2 Å². The number of hydrogen-bond donors (Lipinski definition) is 1. The van der Waals surface area contributed by atoms with Gasteiger partial charge in [-0.1, -0.05) is 20.8 Å². The van der Waals surface area contributed by atoms with Gasteiger partial charge in [0.25, 0.3) is 0 Å². The van der Waals surface area contributed by atoms with E-state index in [4.69, 9.17) is 4.43 Å². The molecule has 1 unspecified atom stereocenters. The molecule has 24 heavy (non-hydrogen) atoms. The van der Waals surface area contributed by atoms with Crippen LogP contribution in [0.25, 0.3) is 0 Å². The van der Waals surface area contributed by atoms with Gasteiger partial charge >= 0.3 is 6.09 Å². The largest absolute Gasteiger partial charge is 0.465 e. The molecule has 1 aliphatic heterocycles. The molecule has 1 fully saturated rings. The molecule has 1 rings (SSSR count). The lowest BCUT2D eigenvalue weighted by molar-refractivity contribution is -0.134. The summed E-state index contributed by atoms with van der Waals surface area (Å²) in [7, 11) is 1.41. The average Bonchev–Trinajstić information content (AvgIpc) is 2.36. The highest BCUT2D eigenvalue weighted by Crippen LogP contribution is 2.42. The van der Waals surface area contributed by atoms with Crippen molar-refractivity contribution >= 4 is 20.2 Å². The highest BCUT2D eigenvalue weighted by atomic mass is 28.4. The molecule has 0 aliphatic carbocycles. The van der Waals surface area contributed by atoms with Gasteiger partial charge in [-0.2, -0.15) is 0 Å². The molecule has 0 aromatic carbocycles. The van der Waals surface area contributed by atoms with E-state index in [2.05, 4.69) is 33.9 Å². The number of Topliss-reactive ketones (excluding diaryl/α,β-unsaturated/α-hetero) is 1. The summed E-state index contributed by atoms with van der Waals surface area (Å²) >= 11 is 0. The normalized spacial score (nSPS) is 23.5. The molecule has 7 heteroatoms. The fourth-order valence-electron chi connectivity index (χ4n) is 2.36. The van der Waals surface area contributed by atoms with Crippen molar-refractivity contribution in [2.45, 2.75) is 58.9 Å². The van der Waals surface area contributed by atoms with Gasteiger partial charge in [-0.3, -0.25) is 9.69 Å². The molecule has 138 valence electrons. The Bertz CT molecular complexity index is 547. The molecule has 0 aromatic heterocycles. The van der Waals surface area contributed by atoms with Gasteiger partial charge in [0.15, 0.2) is 14.1 Å². The average molecular weight is 357 g/mol. The maximum Gasteiger partial charge on any atom is 0.412 e. The number of likely N-dealkylation sites (tertiary alicyclic amines) is 1. The second kappa shape index (κ2) is 6.52. The van der Waals surface area contributed by atoms with E-state index in [1.165, 1.54) is 0 Å². The first kappa shape index (κ1) is 20.7. The Labute approximate surface area is 146 Å². The maximum atomic E-state index is 13.0. The van der Waals surface area contributed by atoms with Gasteiger partial charge in [0.2, 0.25) is 0 Å². The van der Waals surface area contributed by atoms with Gasteiger partial charge in [0.1, 0.15) is 5.70 Å². The number of carbonyl (C=O) groups is 2. The van der Waals surface area contributed by atoms with Crippen LogP contribution >= 0.6 is 0 Å². The summed E-state index contributed by atoms with van der Waals surface area (Å²) < 4.78 is 6.43. The Hall–Kier alpha value is -1.34. The predicted molar refractivity (Wildman–Crippen MR) is 97.4 cm³/mol. The first-order valence-electron chi connectivity index (χ1n) is 8.22. The van der Waals surface area contributed by atoms with Gasteiger partial charge in [-0.25, -0.2) is 4.79 Å². The maximum absolute atomic E-state index is 13.0. The van der Waals surface area contributed by atoms with Gasteiger partial charge in [-0.15, -0.1) is 0 Å². The predicted octanol–water partition coefficient (Wildman–Crippen LogP) is 3.37. The van der Waals surface area contributed by atoms with Crippen molar-refractivity contribution < 1.29 is 19.1 Å². The van der Waals surface area contributed by atoms with E-state index in [9.17, 15) is 14.7 Å². The molecule has 1 atom stereocenters. The first-order valence-corrected chi connectivity index (χ1v) is 11.1. The van der Waals surface area contributed by atoms with E-state index in [0.29, 0.717) is 0 Å². The highest BCUT2D eigenvalue weighted by molar-refractivity contribution is 6.74. The molecular formula is C17H32N2O4Si. The number of piperidine rings is 1. The van der Waals surface area contributed by atoms with E-state index in [1.807, 2.05) is 13.8 Å². The molecule has 0 radical (unpaired) electrons. The van der Waals surface area contributed by atoms with Crippen molar-refractivity contribution in [3.05, 3.63) is 11.9 Å². The SMILES string of the molecule is CN(C)/C=C1\C(=O)C(C)(C)C(O[Si](C)(C)C(C)(C)C)CN1C(=O)O. The number of allylic oxidation sites excluding steroid dienone is 1. The lowest BCUT2D eigenvalue weighted by atomic mass is 9.77. The summed E-state index contributed by atoms with van der Waals surface area (Å²) in [6.07, 6.45) is -0.0158.